The Morgan fingerprint density at radius 1 is 1.22 bits per heavy atom. The SMILES string of the molecule is CCCn1c(SCc2cccc(OC)c2)nnc1-c1cccs1. The summed E-state index contributed by atoms with van der Waals surface area (Å²) in [6.07, 6.45) is 1.06. The Morgan fingerprint density at radius 2 is 2.13 bits per heavy atom. The molecule has 0 saturated carbocycles. The van der Waals surface area contributed by atoms with Crippen molar-refractivity contribution in [1.29, 1.82) is 0 Å². The average molecular weight is 345 g/mol. The zero-order chi connectivity index (χ0) is 16.1. The van der Waals surface area contributed by atoms with Crippen molar-refractivity contribution in [3.8, 4) is 16.5 Å². The third-order valence-electron chi connectivity index (χ3n) is 3.41. The molecule has 0 aliphatic heterocycles. The van der Waals surface area contributed by atoms with Crippen LogP contribution in [0.2, 0.25) is 0 Å². The smallest absolute Gasteiger partial charge is 0.191 e. The van der Waals surface area contributed by atoms with E-state index < -0.39 is 0 Å². The Hall–Kier alpha value is -1.79. The van der Waals surface area contributed by atoms with E-state index in [0.717, 1.165) is 35.4 Å². The molecular formula is C17H19N3OS2. The van der Waals surface area contributed by atoms with Gasteiger partial charge < -0.3 is 9.30 Å². The lowest BCUT2D eigenvalue weighted by Crippen LogP contribution is -2.01. The number of ether oxygens (including phenoxy) is 1. The molecule has 4 nitrogen and oxygen atoms in total. The molecule has 0 unspecified atom stereocenters. The average Bonchev–Trinajstić information content (AvgIpc) is 3.23. The van der Waals surface area contributed by atoms with Gasteiger partial charge >= 0.3 is 0 Å². The first-order valence-corrected chi connectivity index (χ1v) is 9.41. The Kier molecular flexibility index (Phi) is 5.35. The van der Waals surface area contributed by atoms with Gasteiger partial charge in [0.05, 0.1) is 12.0 Å². The summed E-state index contributed by atoms with van der Waals surface area (Å²) < 4.78 is 7.50. The second-order valence-electron chi connectivity index (χ2n) is 5.08. The zero-order valence-electron chi connectivity index (χ0n) is 13.2. The fraction of sp³-hybridized carbons (Fsp3) is 0.294. The van der Waals surface area contributed by atoms with E-state index in [2.05, 4.69) is 45.3 Å². The molecule has 23 heavy (non-hydrogen) atoms. The number of hydrogen-bond acceptors (Lipinski definition) is 5. The first kappa shape index (κ1) is 16.1. The standard InChI is InChI=1S/C17H19N3OS2/c1-3-9-20-16(15-8-5-10-22-15)18-19-17(20)23-12-13-6-4-7-14(11-13)21-2/h4-8,10-11H,3,9,12H2,1-2H3. The van der Waals surface area contributed by atoms with E-state index in [1.807, 2.05) is 18.2 Å². The highest BCUT2D eigenvalue weighted by Gasteiger charge is 2.14. The lowest BCUT2D eigenvalue weighted by atomic mass is 10.2. The maximum atomic E-state index is 5.28. The zero-order valence-corrected chi connectivity index (χ0v) is 14.9. The van der Waals surface area contributed by atoms with Crippen LogP contribution in [0.15, 0.2) is 46.9 Å². The van der Waals surface area contributed by atoms with E-state index in [-0.39, 0.29) is 0 Å². The van der Waals surface area contributed by atoms with Gasteiger partial charge in [-0.05, 0) is 35.6 Å². The molecule has 0 amide bonds. The van der Waals surface area contributed by atoms with E-state index in [4.69, 9.17) is 4.74 Å². The normalized spacial score (nSPS) is 10.9. The van der Waals surface area contributed by atoms with Gasteiger partial charge in [0.15, 0.2) is 11.0 Å². The summed E-state index contributed by atoms with van der Waals surface area (Å²) in [6, 6.07) is 12.3. The van der Waals surface area contributed by atoms with Gasteiger partial charge in [0.2, 0.25) is 0 Å². The predicted octanol–water partition coefficient (Wildman–Crippen LogP) is 4.72. The Labute approximate surface area is 144 Å². The maximum Gasteiger partial charge on any atom is 0.191 e. The van der Waals surface area contributed by atoms with Gasteiger partial charge in [-0.2, -0.15) is 0 Å². The minimum atomic E-state index is 0.851. The van der Waals surface area contributed by atoms with Crippen LogP contribution in [-0.4, -0.2) is 21.9 Å². The van der Waals surface area contributed by atoms with Crippen LogP contribution in [0.4, 0.5) is 0 Å². The lowest BCUT2D eigenvalue weighted by molar-refractivity contribution is 0.414. The summed E-state index contributed by atoms with van der Waals surface area (Å²) in [5.41, 5.74) is 1.22. The Balaban J connectivity index is 1.79. The lowest BCUT2D eigenvalue weighted by Gasteiger charge is -2.08. The van der Waals surface area contributed by atoms with E-state index in [1.54, 1.807) is 30.2 Å². The molecule has 0 aliphatic rings. The van der Waals surface area contributed by atoms with Crippen LogP contribution in [0.5, 0.6) is 5.75 Å². The summed E-state index contributed by atoms with van der Waals surface area (Å²) in [5, 5.41) is 11.8. The summed E-state index contributed by atoms with van der Waals surface area (Å²) in [6.45, 7) is 3.11. The topological polar surface area (TPSA) is 39.9 Å². The molecule has 2 heterocycles. The van der Waals surface area contributed by atoms with Crippen molar-refractivity contribution in [2.45, 2.75) is 30.8 Å². The molecule has 0 bridgehead atoms. The molecule has 3 aromatic rings. The van der Waals surface area contributed by atoms with E-state index >= 15 is 0 Å². The summed E-state index contributed by atoms with van der Waals surface area (Å²) in [4.78, 5) is 1.17. The van der Waals surface area contributed by atoms with Crippen LogP contribution < -0.4 is 4.74 Å². The van der Waals surface area contributed by atoms with Crippen molar-refractivity contribution in [2.75, 3.05) is 7.11 Å². The van der Waals surface area contributed by atoms with Gasteiger partial charge in [-0.1, -0.05) is 36.9 Å². The molecular weight excluding hydrogens is 326 g/mol. The van der Waals surface area contributed by atoms with Crippen molar-refractivity contribution < 1.29 is 4.74 Å². The van der Waals surface area contributed by atoms with Crippen molar-refractivity contribution >= 4 is 23.1 Å². The number of aromatic nitrogens is 3. The number of thioether (sulfide) groups is 1. The first-order chi connectivity index (χ1) is 11.3. The fourth-order valence-electron chi connectivity index (χ4n) is 2.32. The van der Waals surface area contributed by atoms with Crippen LogP contribution in [0.25, 0.3) is 10.7 Å². The third kappa shape index (κ3) is 3.76. The maximum absolute atomic E-state index is 5.28. The highest BCUT2D eigenvalue weighted by molar-refractivity contribution is 7.98. The van der Waals surface area contributed by atoms with Gasteiger partial charge in [0.25, 0.3) is 0 Å². The van der Waals surface area contributed by atoms with Crippen LogP contribution in [0.3, 0.4) is 0 Å². The number of benzene rings is 1. The van der Waals surface area contributed by atoms with Crippen molar-refractivity contribution in [2.24, 2.45) is 0 Å². The molecule has 0 spiro atoms. The summed E-state index contributed by atoms with van der Waals surface area (Å²) in [5.74, 6) is 2.70. The van der Waals surface area contributed by atoms with Gasteiger partial charge in [-0.25, -0.2) is 0 Å². The Morgan fingerprint density at radius 3 is 2.87 bits per heavy atom. The molecule has 2 aromatic heterocycles. The van der Waals surface area contributed by atoms with Crippen LogP contribution in [0, 0.1) is 0 Å². The second-order valence-corrected chi connectivity index (χ2v) is 6.97. The molecule has 0 atom stereocenters. The summed E-state index contributed by atoms with van der Waals surface area (Å²) in [7, 11) is 1.69. The molecule has 3 rings (SSSR count). The molecule has 1 aromatic carbocycles. The highest BCUT2D eigenvalue weighted by Crippen LogP contribution is 2.29. The Bertz CT molecular complexity index is 753. The predicted molar refractivity (Wildman–Crippen MR) is 96.2 cm³/mol. The molecule has 0 N–H and O–H groups in total. The number of nitrogens with zero attached hydrogens (tertiary/aromatic N) is 3. The molecule has 6 heteroatoms. The molecule has 0 fully saturated rings. The van der Waals surface area contributed by atoms with E-state index in [0.29, 0.717) is 0 Å². The second kappa shape index (κ2) is 7.66. The first-order valence-electron chi connectivity index (χ1n) is 7.54. The minimum Gasteiger partial charge on any atom is -0.497 e. The van der Waals surface area contributed by atoms with Crippen LogP contribution in [-0.2, 0) is 12.3 Å². The number of methoxy groups -OCH3 is 1. The highest BCUT2D eigenvalue weighted by atomic mass is 32.2. The van der Waals surface area contributed by atoms with Gasteiger partial charge in [0, 0.05) is 12.3 Å². The van der Waals surface area contributed by atoms with Crippen LogP contribution >= 0.6 is 23.1 Å². The van der Waals surface area contributed by atoms with Crippen molar-refractivity contribution in [3.63, 3.8) is 0 Å². The van der Waals surface area contributed by atoms with E-state index in [9.17, 15) is 0 Å². The molecule has 0 aliphatic carbocycles. The van der Waals surface area contributed by atoms with Crippen molar-refractivity contribution in [1.82, 2.24) is 14.8 Å². The van der Waals surface area contributed by atoms with Crippen molar-refractivity contribution in [3.05, 3.63) is 47.3 Å². The van der Waals surface area contributed by atoms with Gasteiger partial charge in [-0.3, -0.25) is 0 Å². The minimum absolute atomic E-state index is 0.851. The van der Waals surface area contributed by atoms with E-state index in [1.165, 1.54) is 10.4 Å². The van der Waals surface area contributed by atoms with Crippen LogP contribution in [0.1, 0.15) is 18.9 Å². The third-order valence-corrected chi connectivity index (χ3v) is 5.31. The quantitative estimate of drug-likeness (QED) is 0.581. The largest absolute Gasteiger partial charge is 0.497 e. The van der Waals surface area contributed by atoms with Gasteiger partial charge in [-0.15, -0.1) is 21.5 Å². The number of hydrogen-bond donors (Lipinski definition) is 0. The van der Waals surface area contributed by atoms with Gasteiger partial charge in [0.1, 0.15) is 5.75 Å². The molecule has 0 saturated heterocycles. The summed E-state index contributed by atoms with van der Waals surface area (Å²) >= 11 is 3.42. The number of thiophene rings is 1. The number of rotatable bonds is 7. The molecule has 120 valence electrons. The monoisotopic (exact) mass is 345 g/mol. The molecule has 0 radical (unpaired) electrons. The fourth-order valence-corrected chi connectivity index (χ4v) is 3.94.